The van der Waals surface area contributed by atoms with Gasteiger partial charge in [-0.05, 0) is 18.2 Å². The van der Waals surface area contributed by atoms with Gasteiger partial charge in [-0.3, -0.25) is 4.79 Å². The molecule has 1 aromatic carbocycles. The number of nitrogens with zero attached hydrogens (tertiary/aromatic N) is 1. The van der Waals surface area contributed by atoms with Crippen molar-refractivity contribution in [1.29, 1.82) is 0 Å². The molecule has 0 unspecified atom stereocenters. The number of nitrogens with one attached hydrogen (secondary N) is 1. The number of fused-ring (bicyclic) bond motifs is 1. The van der Waals surface area contributed by atoms with Crippen molar-refractivity contribution in [3.05, 3.63) is 40.2 Å². The van der Waals surface area contributed by atoms with E-state index in [1.807, 2.05) is 0 Å². The van der Waals surface area contributed by atoms with Crippen molar-refractivity contribution in [3.63, 3.8) is 0 Å². The highest BCUT2D eigenvalue weighted by Crippen LogP contribution is 2.09. The highest BCUT2D eigenvalue weighted by atomic mass is 19.1. The summed E-state index contributed by atoms with van der Waals surface area (Å²) >= 11 is 0. The minimum absolute atomic E-state index is 0.217. The summed E-state index contributed by atoms with van der Waals surface area (Å²) < 4.78 is 12.9. The summed E-state index contributed by atoms with van der Waals surface area (Å²) in [4.78, 5) is 28.4. The molecule has 2 rings (SSSR count). The molecule has 0 spiro atoms. The number of carbonyl (C=O) groups excluding carboxylic acids is 1. The van der Waals surface area contributed by atoms with Gasteiger partial charge in [0.1, 0.15) is 17.9 Å². The fraction of sp³-hybridized carbons (Fsp3) is 0.182. The molecule has 0 fully saturated rings. The Morgan fingerprint density at radius 3 is 3.00 bits per heavy atom. The van der Waals surface area contributed by atoms with Crippen molar-refractivity contribution in [2.24, 2.45) is 0 Å². The molecule has 1 aromatic heterocycles. The van der Waals surface area contributed by atoms with Crippen LogP contribution in [0.3, 0.4) is 0 Å². The number of aromatic amines is 1. The maximum absolute atomic E-state index is 12.9. The first-order valence-corrected chi connectivity index (χ1v) is 4.83. The van der Waals surface area contributed by atoms with E-state index in [1.165, 1.54) is 12.1 Å². The minimum atomic E-state index is -0.472. The van der Waals surface area contributed by atoms with Gasteiger partial charge in [-0.25, -0.2) is 9.37 Å². The van der Waals surface area contributed by atoms with Crippen LogP contribution >= 0.6 is 0 Å². The summed E-state index contributed by atoms with van der Waals surface area (Å²) in [6.07, 6.45) is 1.44. The molecule has 0 bridgehead atoms. The average Bonchev–Trinajstić information content (AvgIpc) is 2.27. The zero-order valence-electron chi connectivity index (χ0n) is 8.37. The van der Waals surface area contributed by atoms with Gasteiger partial charge >= 0.3 is 0 Å². The Balaban J connectivity index is 2.55. The van der Waals surface area contributed by atoms with Gasteiger partial charge in [-0.15, -0.1) is 0 Å². The summed E-state index contributed by atoms with van der Waals surface area (Å²) in [5.41, 5.74) is 0.0523. The first-order valence-electron chi connectivity index (χ1n) is 4.83. The van der Waals surface area contributed by atoms with Crippen LogP contribution < -0.4 is 5.56 Å². The molecule has 1 heterocycles. The topological polar surface area (TPSA) is 62.8 Å². The second kappa shape index (κ2) is 4.22. The van der Waals surface area contributed by atoms with E-state index < -0.39 is 5.82 Å². The van der Waals surface area contributed by atoms with Gasteiger partial charge < -0.3 is 9.78 Å². The summed E-state index contributed by atoms with van der Waals surface area (Å²) in [6, 6.07) is 3.84. The molecule has 0 radical (unpaired) electrons. The molecule has 1 N–H and O–H groups in total. The van der Waals surface area contributed by atoms with Gasteiger partial charge in [-0.1, -0.05) is 0 Å². The number of aldehydes is 1. The molecule has 4 nitrogen and oxygen atoms in total. The van der Waals surface area contributed by atoms with Crippen molar-refractivity contribution in [3.8, 4) is 0 Å². The van der Waals surface area contributed by atoms with Crippen molar-refractivity contribution in [2.45, 2.75) is 12.8 Å². The van der Waals surface area contributed by atoms with Crippen LogP contribution in [0.15, 0.2) is 23.0 Å². The smallest absolute Gasteiger partial charge is 0.258 e. The van der Waals surface area contributed by atoms with Crippen molar-refractivity contribution in [1.82, 2.24) is 9.97 Å². The number of halogens is 1. The lowest BCUT2D eigenvalue weighted by Crippen LogP contribution is -2.12. The molecule has 16 heavy (non-hydrogen) atoms. The largest absolute Gasteiger partial charge is 0.310 e. The van der Waals surface area contributed by atoms with Gasteiger partial charge in [0.05, 0.1) is 10.9 Å². The summed E-state index contributed by atoms with van der Waals surface area (Å²) in [5, 5.41) is 0.217. The average molecular weight is 220 g/mol. The van der Waals surface area contributed by atoms with Gasteiger partial charge in [-0.2, -0.15) is 0 Å². The fourth-order valence-corrected chi connectivity index (χ4v) is 1.47. The molecular weight excluding hydrogens is 211 g/mol. The SMILES string of the molecule is O=CCCc1nc2ccc(F)cc2c(=O)[nH]1. The number of carbonyl (C=O) groups is 1. The predicted molar refractivity (Wildman–Crippen MR) is 56.7 cm³/mol. The zero-order valence-corrected chi connectivity index (χ0v) is 8.37. The molecule has 82 valence electrons. The third-order valence-corrected chi connectivity index (χ3v) is 2.22. The summed E-state index contributed by atoms with van der Waals surface area (Å²) in [7, 11) is 0. The number of rotatable bonds is 3. The van der Waals surface area contributed by atoms with Crippen LogP contribution in [0.1, 0.15) is 12.2 Å². The van der Waals surface area contributed by atoms with Crippen LogP contribution in [0.2, 0.25) is 0 Å². The Morgan fingerprint density at radius 2 is 2.25 bits per heavy atom. The number of aromatic nitrogens is 2. The lowest BCUT2D eigenvalue weighted by molar-refractivity contribution is -0.107. The Labute approximate surface area is 90.1 Å². The maximum atomic E-state index is 12.9. The molecule has 2 aromatic rings. The molecule has 5 heteroatoms. The number of hydrogen-bond acceptors (Lipinski definition) is 3. The fourth-order valence-electron chi connectivity index (χ4n) is 1.47. The number of aryl methyl sites for hydroxylation is 1. The van der Waals surface area contributed by atoms with E-state index >= 15 is 0 Å². The molecule has 0 aliphatic heterocycles. The summed E-state index contributed by atoms with van der Waals surface area (Å²) in [6.45, 7) is 0. The molecule has 0 saturated carbocycles. The van der Waals surface area contributed by atoms with E-state index in [-0.39, 0.29) is 10.9 Å². The quantitative estimate of drug-likeness (QED) is 0.790. The van der Waals surface area contributed by atoms with Crippen LogP contribution in [0.4, 0.5) is 4.39 Å². The molecular formula is C11H9FN2O2. The second-order valence-electron chi connectivity index (χ2n) is 3.38. The monoisotopic (exact) mass is 220 g/mol. The molecule has 0 saturated heterocycles. The highest BCUT2D eigenvalue weighted by molar-refractivity contribution is 5.77. The minimum Gasteiger partial charge on any atom is -0.310 e. The second-order valence-corrected chi connectivity index (χ2v) is 3.38. The van der Waals surface area contributed by atoms with Gasteiger partial charge in [0.25, 0.3) is 5.56 Å². The van der Waals surface area contributed by atoms with Crippen molar-refractivity contribution in [2.75, 3.05) is 0 Å². The highest BCUT2D eigenvalue weighted by Gasteiger charge is 2.04. The number of hydrogen-bond donors (Lipinski definition) is 1. The third-order valence-electron chi connectivity index (χ3n) is 2.22. The lowest BCUT2D eigenvalue weighted by Gasteiger charge is -2.00. The van der Waals surface area contributed by atoms with E-state index in [9.17, 15) is 14.0 Å². The van der Waals surface area contributed by atoms with E-state index in [4.69, 9.17) is 0 Å². The molecule has 0 atom stereocenters. The molecule has 0 amide bonds. The van der Waals surface area contributed by atoms with Crippen LogP contribution in [0, 0.1) is 5.82 Å². The number of benzene rings is 1. The van der Waals surface area contributed by atoms with Crippen LogP contribution in [0.25, 0.3) is 10.9 Å². The van der Waals surface area contributed by atoms with Crippen LogP contribution in [0.5, 0.6) is 0 Å². The molecule has 0 aliphatic rings. The molecule has 0 aliphatic carbocycles. The van der Waals surface area contributed by atoms with E-state index in [1.54, 1.807) is 0 Å². The standard InChI is InChI=1S/C11H9FN2O2/c12-7-3-4-9-8(6-7)11(16)14-10(13-9)2-1-5-15/h3-6H,1-2H2,(H,13,14,16). The van der Waals surface area contributed by atoms with Crippen LogP contribution in [-0.4, -0.2) is 16.3 Å². The maximum Gasteiger partial charge on any atom is 0.258 e. The Morgan fingerprint density at radius 1 is 1.44 bits per heavy atom. The van der Waals surface area contributed by atoms with E-state index in [2.05, 4.69) is 9.97 Å². The van der Waals surface area contributed by atoms with Crippen LogP contribution in [-0.2, 0) is 11.2 Å². The van der Waals surface area contributed by atoms with Gasteiger partial charge in [0.15, 0.2) is 0 Å². The first kappa shape index (κ1) is 10.5. The van der Waals surface area contributed by atoms with Crippen molar-refractivity contribution < 1.29 is 9.18 Å². The Kier molecular flexibility index (Phi) is 2.76. The van der Waals surface area contributed by atoms with Gasteiger partial charge in [0.2, 0.25) is 0 Å². The van der Waals surface area contributed by atoms with E-state index in [0.717, 1.165) is 12.4 Å². The lowest BCUT2D eigenvalue weighted by atomic mass is 10.2. The van der Waals surface area contributed by atoms with E-state index in [0.29, 0.717) is 24.2 Å². The normalized spacial score (nSPS) is 10.6. The number of H-pyrrole nitrogens is 1. The van der Waals surface area contributed by atoms with Gasteiger partial charge in [0, 0.05) is 12.8 Å². The summed E-state index contributed by atoms with van der Waals surface area (Å²) in [5.74, 6) is -0.0309. The third kappa shape index (κ3) is 1.98. The zero-order chi connectivity index (χ0) is 11.5. The Hall–Kier alpha value is -2.04. The predicted octanol–water partition coefficient (Wildman–Crippen LogP) is 1.19. The first-order chi connectivity index (χ1) is 7.70. The van der Waals surface area contributed by atoms with Crippen molar-refractivity contribution >= 4 is 17.2 Å². The Bertz CT molecular complexity index is 592.